The molecule has 0 fully saturated rings. The van der Waals surface area contributed by atoms with Gasteiger partial charge in [-0.15, -0.1) is 0 Å². The molecular formula is C12H24N2O3. The summed E-state index contributed by atoms with van der Waals surface area (Å²) in [5, 5.41) is 2.84. The Morgan fingerprint density at radius 3 is 2.18 bits per heavy atom. The molecule has 2 atom stereocenters. The summed E-state index contributed by atoms with van der Waals surface area (Å²) in [6.07, 6.45) is 0. The Hall–Kier alpha value is -1.10. The average Bonchev–Trinajstić information content (AvgIpc) is 2.25. The van der Waals surface area contributed by atoms with Gasteiger partial charge in [-0.2, -0.15) is 0 Å². The second kappa shape index (κ2) is 7.27. The second-order valence-electron chi connectivity index (χ2n) is 4.70. The molecular weight excluding hydrogens is 220 g/mol. The van der Waals surface area contributed by atoms with Gasteiger partial charge < -0.3 is 10.1 Å². The van der Waals surface area contributed by atoms with Crippen LogP contribution in [0.25, 0.3) is 0 Å². The highest BCUT2D eigenvalue weighted by Gasteiger charge is 2.22. The van der Waals surface area contributed by atoms with E-state index in [1.165, 1.54) is 7.11 Å². The normalized spacial score (nSPS) is 14.6. The minimum atomic E-state index is -0.260. The summed E-state index contributed by atoms with van der Waals surface area (Å²) >= 11 is 0. The number of hydrogen-bond donors (Lipinski definition) is 1. The van der Waals surface area contributed by atoms with E-state index in [2.05, 4.69) is 10.1 Å². The molecule has 5 heteroatoms. The maximum Gasteiger partial charge on any atom is 0.309 e. The van der Waals surface area contributed by atoms with Crippen molar-refractivity contribution >= 4 is 11.9 Å². The molecule has 0 radical (unpaired) electrons. The second-order valence-corrected chi connectivity index (χ2v) is 4.70. The van der Waals surface area contributed by atoms with Gasteiger partial charge in [-0.05, 0) is 27.8 Å². The van der Waals surface area contributed by atoms with Crippen molar-refractivity contribution in [3.05, 3.63) is 0 Å². The lowest BCUT2D eigenvalue weighted by molar-refractivity contribution is -0.146. The Morgan fingerprint density at radius 2 is 1.76 bits per heavy atom. The fraction of sp³-hybridized carbons (Fsp3) is 0.833. The number of methoxy groups -OCH3 is 1. The molecule has 17 heavy (non-hydrogen) atoms. The van der Waals surface area contributed by atoms with E-state index in [9.17, 15) is 9.59 Å². The first-order valence-electron chi connectivity index (χ1n) is 5.88. The number of nitrogens with zero attached hydrogens (tertiary/aromatic N) is 1. The van der Waals surface area contributed by atoms with Crippen LogP contribution in [0.15, 0.2) is 0 Å². The third-order valence-electron chi connectivity index (χ3n) is 2.64. The van der Waals surface area contributed by atoms with Crippen molar-refractivity contribution < 1.29 is 14.3 Å². The van der Waals surface area contributed by atoms with Crippen molar-refractivity contribution in [2.24, 2.45) is 5.92 Å². The quantitative estimate of drug-likeness (QED) is 0.697. The number of carbonyl (C=O) groups excluding carboxylic acids is 2. The van der Waals surface area contributed by atoms with Crippen LogP contribution in [0.4, 0.5) is 0 Å². The molecule has 100 valence electrons. The zero-order valence-electron chi connectivity index (χ0n) is 11.6. The van der Waals surface area contributed by atoms with Gasteiger partial charge in [-0.3, -0.25) is 14.5 Å². The Kier molecular flexibility index (Phi) is 6.80. The van der Waals surface area contributed by atoms with E-state index in [4.69, 9.17) is 0 Å². The molecule has 0 aliphatic heterocycles. The molecule has 0 aromatic carbocycles. The summed E-state index contributed by atoms with van der Waals surface area (Å²) in [6, 6.07) is -0.138. The van der Waals surface area contributed by atoms with Crippen LogP contribution in [0.1, 0.15) is 27.7 Å². The highest BCUT2D eigenvalue weighted by molar-refractivity contribution is 5.81. The Morgan fingerprint density at radius 1 is 1.24 bits per heavy atom. The molecule has 0 saturated carbocycles. The SMILES string of the molecule is COC(=O)C(C)CN(C)C(C)C(=O)NC(C)C. The number of hydrogen-bond acceptors (Lipinski definition) is 4. The number of carbonyl (C=O) groups is 2. The number of esters is 1. The molecule has 0 saturated heterocycles. The molecule has 0 aliphatic carbocycles. The Balaban J connectivity index is 4.26. The minimum absolute atomic E-state index is 0.0282. The topological polar surface area (TPSA) is 58.6 Å². The first-order valence-corrected chi connectivity index (χ1v) is 5.88. The highest BCUT2D eigenvalue weighted by atomic mass is 16.5. The summed E-state index contributed by atoms with van der Waals surface area (Å²) < 4.78 is 4.65. The molecule has 0 aromatic rings. The van der Waals surface area contributed by atoms with Gasteiger partial charge in [0.05, 0.1) is 19.1 Å². The Labute approximate surface area is 103 Å². The van der Waals surface area contributed by atoms with Crippen LogP contribution in [0.2, 0.25) is 0 Å². The van der Waals surface area contributed by atoms with Gasteiger partial charge in [0, 0.05) is 12.6 Å². The van der Waals surface area contributed by atoms with Gasteiger partial charge in [0.25, 0.3) is 0 Å². The predicted octanol–water partition coefficient (Wildman–Crippen LogP) is 0.640. The maximum absolute atomic E-state index is 11.7. The summed E-state index contributed by atoms with van der Waals surface area (Å²) in [5.74, 6) is -0.521. The van der Waals surface area contributed by atoms with Crippen LogP contribution in [-0.2, 0) is 14.3 Å². The molecule has 0 bridgehead atoms. The summed E-state index contributed by atoms with van der Waals surface area (Å²) in [4.78, 5) is 24.9. The fourth-order valence-electron chi connectivity index (χ4n) is 1.47. The van der Waals surface area contributed by atoms with E-state index in [0.29, 0.717) is 6.54 Å². The molecule has 2 unspecified atom stereocenters. The molecule has 1 N–H and O–H groups in total. The highest BCUT2D eigenvalue weighted by Crippen LogP contribution is 2.04. The van der Waals surface area contributed by atoms with Gasteiger partial charge >= 0.3 is 5.97 Å². The average molecular weight is 244 g/mol. The van der Waals surface area contributed by atoms with E-state index in [1.54, 1.807) is 6.92 Å². The van der Waals surface area contributed by atoms with Crippen molar-refractivity contribution in [3.8, 4) is 0 Å². The van der Waals surface area contributed by atoms with Crippen molar-refractivity contribution in [3.63, 3.8) is 0 Å². The third kappa shape index (κ3) is 5.68. The van der Waals surface area contributed by atoms with Gasteiger partial charge in [0.1, 0.15) is 0 Å². The number of likely N-dealkylation sites (N-methyl/N-ethyl adjacent to an activating group) is 1. The van der Waals surface area contributed by atoms with Crippen molar-refractivity contribution in [1.82, 2.24) is 10.2 Å². The molecule has 0 spiro atoms. The van der Waals surface area contributed by atoms with Crippen LogP contribution < -0.4 is 5.32 Å². The fourth-order valence-corrected chi connectivity index (χ4v) is 1.47. The lowest BCUT2D eigenvalue weighted by Crippen LogP contribution is -2.47. The first-order chi connectivity index (χ1) is 7.79. The number of ether oxygens (including phenoxy) is 1. The number of nitrogens with one attached hydrogen (secondary N) is 1. The van der Waals surface area contributed by atoms with Gasteiger partial charge in [0.15, 0.2) is 0 Å². The third-order valence-corrected chi connectivity index (χ3v) is 2.64. The monoisotopic (exact) mass is 244 g/mol. The molecule has 1 amide bonds. The van der Waals surface area contributed by atoms with Crippen LogP contribution in [-0.4, -0.2) is 49.6 Å². The van der Waals surface area contributed by atoms with Gasteiger partial charge in [-0.25, -0.2) is 0 Å². The standard InChI is InChI=1S/C12H24N2O3/c1-8(2)13-11(15)10(4)14(5)7-9(3)12(16)17-6/h8-10H,7H2,1-6H3,(H,13,15). The number of rotatable bonds is 6. The lowest BCUT2D eigenvalue weighted by atomic mass is 10.1. The molecule has 0 aliphatic rings. The van der Waals surface area contributed by atoms with E-state index in [-0.39, 0.29) is 29.9 Å². The molecule has 0 aromatic heterocycles. The van der Waals surface area contributed by atoms with E-state index in [0.717, 1.165) is 0 Å². The zero-order valence-corrected chi connectivity index (χ0v) is 11.6. The summed E-state index contributed by atoms with van der Waals surface area (Å²) in [5.41, 5.74) is 0. The van der Waals surface area contributed by atoms with Crippen molar-refractivity contribution in [1.29, 1.82) is 0 Å². The number of amides is 1. The predicted molar refractivity (Wildman–Crippen MR) is 66.6 cm³/mol. The van der Waals surface area contributed by atoms with Crippen molar-refractivity contribution in [2.75, 3.05) is 20.7 Å². The van der Waals surface area contributed by atoms with Crippen LogP contribution >= 0.6 is 0 Å². The first kappa shape index (κ1) is 15.9. The van der Waals surface area contributed by atoms with Crippen LogP contribution in [0.5, 0.6) is 0 Å². The van der Waals surface area contributed by atoms with E-state index in [1.807, 2.05) is 32.7 Å². The maximum atomic E-state index is 11.7. The van der Waals surface area contributed by atoms with E-state index >= 15 is 0 Å². The summed E-state index contributed by atoms with van der Waals surface area (Å²) in [6.45, 7) is 7.94. The largest absolute Gasteiger partial charge is 0.469 e. The smallest absolute Gasteiger partial charge is 0.309 e. The zero-order chi connectivity index (χ0) is 13.6. The molecule has 5 nitrogen and oxygen atoms in total. The van der Waals surface area contributed by atoms with Crippen LogP contribution in [0.3, 0.4) is 0 Å². The molecule has 0 rings (SSSR count). The van der Waals surface area contributed by atoms with E-state index < -0.39 is 0 Å². The van der Waals surface area contributed by atoms with Gasteiger partial charge in [0.2, 0.25) is 5.91 Å². The Bertz CT molecular complexity index is 266. The van der Waals surface area contributed by atoms with Crippen LogP contribution in [0, 0.1) is 5.92 Å². The summed E-state index contributed by atoms with van der Waals surface area (Å²) in [7, 11) is 3.19. The van der Waals surface area contributed by atoms with Crippen molar-refractivity contribution in [2.45, 2.75) is 39.8 Å². The lowest BCUT2D eigenvalue weighted by Gasteiger charge is -2.26. The van der Waals surface area contributed by atoms with Gasteiger partial charge in [-0.1, -0.05) is 6.92 Å². The molecule has 0 heterocycles. The minimum Gasteiger partial charge on any atom is -0.469 e.